The van der Waals surface area contributed by atoms with Crippen molar-refractivity contribution in [2.75, 3.05) is 141 Å². The minimum Gasteiger partial charge on any atom is -0.447 e. The van der Waals surface area contributed by atoms with Gasteiger partial charge in [0.05, 0.1) is 93.8 Å². The first-order valence-corrected chi connectivity index (χ1v) is 49.3. The van der Waals surface area contributed by atoms with E-state index in [1.165, 1.54) is 37.5 Å². The molecule has 0 aliphatic carbocycles. The Morgan fingerprint density at radius 1 is 0.563 bits per heavy atom. The first-order chi connectivity index (χ1) is 67.9. The van der Waals surface area contributed by atoms with Crippen LogP contribution in [0.2, 0.25) is 0 Å². The molecule has 0 bridgehead atoms. The monoisotopic (exact) mass is 2040 g/mol. The second-order valence-corrected chi connectivity index (χ2v) is 37.4. The number of primary amides is 1. The number of hydrogen-bond donors (Lipinski definition) is 17. The van der Waals surface area contributed by atoms with Gasteiger partial charge in [0.15, 0.2) is 12.6 Å². The Balaban J connectivity index is 0.00000740. The number of amides is 16. The van der Waals surface area contributed by atoms with Gasteiger partial charge < -0.3 is 151 Å². The third-order valence-corrected chi connectivity index (χ3v) is 26.4. The molecule has 3 aromatic carbocycles. The van der Waals surface area contributed by atoms with Crippen LogP contribution in [0.25, 0.3) is 0 Å². The molecule has 7 heterocycles. The Morgan fingerprint density at radius 3 is 1.75 bits per heavy atom. The minimum absolute atomic E-state index is 0.000450. The maximum atomic E-state index is 14.0. The molecule has 0 radical (unpaired) electrons. The van der Waals surface area contributed by atoms with E-state index in [0.717, 1.165) is 59.8 Å². The molecule has 142 heavy (non-hydrogen) atoms. The number of nitrogens with one attached hydrogen (secondary N) is 7. The number of carbonyl (C=O) groups excluding carboxylic acids is 15. The van der Waals surface area contributed by atoms with Crippen molar-refractivity contribution in [3.8, 4) is 11.8 Å². The van der Waals surface area contributed by atoms with E-state index in [1.54, 1.807) is 30.9 Å². The number of likely N-dealkylation sites (N-methyl/N-ethyl adjacent to an activating group) is 2. The van der Waals surface area contributed by atoms with Gasteiger partial charge in [-0.1, -0.05) is 94.8 Å². The number of piperidine rings is 1. The number of aliphatic hydroxyl groups is 9. The topological polar surface area (TPSA) is 651 Å². The minimum atomic E-state index is -2.00. The molecule has 47 nitrogen and oxygen atoms in total. The van der Waals surface area contributed by atoms with Crippen LogP contribution >= 0.6 is 23.5 Å². The van der Waals surface area contributed by atoms with Gasteiger partial charge in [0.2, 0.25) is 59.1 Å². The molecule has 6 fully saturated rings. The van der Waals surface area contributed by atoms with E-state index in [1.807, 2.05) is 48.5 Å². The van der Waals surface area contributed by atoms with E-state index < -0.39 is 204 Å². The van der Waals surface area contributed by atoms with Crippen molar-refractivity contribution in [2.45, 2.75) is 232 Å². The number of urea groups is 1. The number of unbranched alkanes of at least 4 members (excludes halogenated alkanes) is 2. The molecule has 18 N–H and O–H groups in total. The fourth-order valence-corrected chi connectivity index (χ4v) is 18.2. The summed E-state index contributed by atoms with van der Waals surface area (Å²) in [6, 6.07) is 16.7. The Bertz CT molecular complexity index is 4830. The zero-order valence-corrected chi connectivity index (χ0v) is 81.6. The summed E-state index contributed by atoms with van der Waals surface area (Å²) in [4.78, 5) is 202. The molecular weight excluding hydrogens is 1910 g/mol. The number of ether oxygens (including phenoxy) is 9. The Hall–Kier alpha value is -10.9. The maximum Gasteiger partial charge on any atom is 0.409 e. The number of imide groups is 2. The standard InChI is InChI=1S/C90H124N14O33S2.C3H8/c1-50(2)69(81(120)96-56(16-12-28-94-88(91)126)80(119)95-55-23-19-51(20-24-55)46-133-89(127)99(3)33-34-100(4)90(128)134-47-58-70(111)72(113)75(116)79-98-82(121)85(124)104(58)79)97-65(107)18-6-5-11-31-101-67(109)43-61(83(101)122)139-49-60-78(74(115)76(117)86(125)135-60)137-87-77(118)73(114)71(112)59(136-87)48-138-62-44-68(110)102(84(62)123)32-27-64(106)93-30-36-130-38-40-132-42-41-131-39-37-129-35-29-92-63(105)25-26-66(108)103-45-54-15-8-7-13-52(54)21-22-53-14-9-10-17-57(53)103;1-3-2/h7-10,13-15,17,19-20,23-24,50,56,58-62,69-79,86-87,111-118,125H,5-6,11-12,16,18,25-49H2,1-4H3,(H,92,105)(H,93,106)(H,95,119)(H,96,120)(H,97,107)(H,98,121)(H3,91,94,126);3H2,1-2H3/t56?,58-,59-,60-,61?,62?,69?,70-,71-,72+,73+,74-,75+,76-,77-,78-,79+,86-,87+;/m1./s1. The molecule has 0 saturated carbocycles. The van der Waals surface area contributed by atoms with Gasteiger partial charge in [-0.2, -0.15) is 0 Å². The largest absolute Gasteiger partial charge is 0.447 e. The van der Waals surface area contributed by atoms with Crippen molar-refractivity contribution < 1.29 is 161 Å². The lowest BCUT2D eigenvalue weighted by atomic mass is 9.92. The molecule has 49 heteroatoms. The van der Waals surface area contributed by atoms with Crippen molar-refractivity contribution in [1.82, 2.24) is 56.4 Å². The van der Waals surface area contributed by atoms with Crippen LogP contribution < -0.4 is 47.9 Å². The molecule has 10 rings (SSSR count). The number of nitrogens with two attached hydrogens (primary N) is 1. The SMILES string of the molecule is CC(C)C(NC(=O)CCCCCN1C(=O)CC(SC[C@H]2O[C@@H](O)[C@H](O)[C@@H](O)[C@@H]2O[C@@H]2O[C@H](CSC3CC(=O)N(CCC(=O)NCCOCCOCCOCCOCCNC(=O)CCC(=O)N4Cc5ccccc5C#Cc5ccccc54)C3=O)[C@@H](O)[C@H](O)[C@H]2O)C1=O)C(=O)NC(CCCNC(N)=O)C(=O)Nc1ccc(COC(=O)N(C)CCN(C)C(=O)OC[C@@H]2[C@@H](O)[C@H](O)[C@H](O)[C@H]3NC(=O)C(=O)N23)cc1.CCC. The van der Waals surface area contributed by atoms with Crippen molar-refractivity contribution >= 4 is 124 Å². The van der Waals surface area contributed by atoms with Crippen LogP contribution in [0, 0.1) is 17.8 Å². The van der Waals surface area contributed by atoms with Gasteiger partial charge in [-0.3, -0.25) is 67.3 Å². The zero-order chi connectivity index (χ0) is 103. The summed E-state index contributed by atoms with van der Waals surface area (Å²) >= 11 is 1.79. The molecular formula is C93H132N14O33S2. The molecule has 3 aromatic rings. The fraction of sp³-hybridized carbons (Fsp3) is 0.624. The molecule has 6 saturated heterocycles. The van der Waals surface area contributed by atoms with E-state index in [9.17, 15) is 118 Å². The smallest absolute Gasteiger partial charge is 0.409 e. The number of nitrogens with zero attached hydrogens (tertiary/aromatic N) is 6. The van der Waals surface area contributed by atoms with Gasteiger partial charge in [0.25, 0.3) is 0 Å². The van der Waals surface area contributed by atoms with Crippen LogP contribution in [0.4, 0.5) is 25.8 Å². The number of aliphatic hydroxyl groups excluding tert-OH is 9. The van der Waals surface area contributed by atoms with Gasteiger partial charge >= 0.3 is 30.0 Å². The molecule has 0 aromatic heterocycles. The van der Waals surface area contributed by atoms with E-state index in [2.05, 4.69) is 62.9 Å². The second kappa shape index (κ2) is 57.6. The summed E-state index contributed by atoms with van der Waals surface area (Å²) in [5.41, 5.74) is 9.20. The number of carbonyl (C=O) groups is 15. The number of thioether (sulfide) groups is 2. The highest BCUT2D eigenvalue weighted by Crippen LogP contribution is 2.37. The summed E-state index contributed by atoms with van der Waals surface area (Å²) in [5, 5.41) is 113. The van der Waals surface area contributed by atoms with Crippen molar-refractivity contribution in [3.05, 3.63) is 95.1 Å². The number of rotatable bonds is 52. The molecule has 0 spiro atoms. The van der Waals surface area contributed by atoms with Crippen LogP contribution in [0.5, 0.6) is 0 Å². The summed E-state index contributed by atoms with van der Waals surface area (Å²) in [5.74, 6) is -2.02. The number of anilines is 2. The van der Waals surface area contributed by atoms with Gasteiger partial charge in [0, 0.05) is 127 Å². The summed E-state index contributed by atoms with van der Waals surface area (Å²) in [7, 11) is 2.74. The molecule has 7 aliphatic heterocycles. The van der Waals surface area contributed by atoms with Crippen LogP contribution in [0.1, 0.15) is 127 Å². The summed E-state index contributed by atoms with van der Waals surface area (Å²) in [6.45, 7) is 8.98. The number of hydrogen-bond acceptors (Lipinski definition) is 35. The number of benzene rings is 3. The fourth-order valence-electron chi connectivity index (χ4n) is 15.8. The lowest BCUT2D eigenvalue weighted by molar-refractivity contribution is -0.346. The normalized spacial score (nSPS) is 24.4. The van der Waals surface area contributed by atoms with Crippen LogP contribution in [0.3, 0.4) is 0 Å². The predicted molar refractivity (Wildman–Crippen MR) is 505 cm³/mol. The van der Waals surface area contributed by atoms with Crippen LogP contribution in [-0.4, -0.2) is 405 Å². The Morgan fingerprint density at radius 2 is 1.13 bits per heavy atom. The van der Waals surface area contributed by atoms with Crippen molar-refractivity contribution in [1.29, 1.82) is 0 Å². The number of para-hydroxylation sites is 1. The summed E-state index contributed by atoms with van der Waals surface area (Å²) < 4.78 is 50.3. The average Bonchev–Trinajstić information content (AvgIpc) is 1.60. The predicted octanol–water partition coefficient (Wildman–Crippen LogP) is -3.17. The highest BCUT2D eigenvalue weighted by molar-refractivity contribution is 8.01. The lowest BCUT2D eigenvalue weighted by Gasteiger charge is -2.45. The molecule has 7 aliphatic rings. The van der Waals surface area contributed by atoms with Crippen LogP contribution in [0.15, 0.2) is 72.8 Å². The highest BCUT2D eigenvalue weighted by atomic mass is 32.2. The summed E-state index contributed by atoms with van der Waals surface area (Å²) in [6.07, 6.45) is -24.9. The number of fused-ring (bicyclic) bond motifs is 3. The van der Waals surface area contributed by atoms with Crippen molar-refractivity contribution in [2.24, 2.45) is 11.7 Å². The van der Waals surface area contributed by atoms with Crippen molar-refractivity contribution in [3.63, 3.8) is 0 Å². The first-order valence-electron chi connectivity index (χ1n) is 47.2. The lowest BCUT2D eigenvalue weighted by Crippen LogP contribution is -2.68. The molecule has 19 atom stereocenters. The third-order valence-electron chi connectivity index (χ3n) is 23.8. The molecule has 784 valence electrons. The second-order valence-electron chi connectivity index (χ2n) is 34.9. The third kappa shape index (κ3) is 33.6. The van der Waals surface area contributed by atoms with Gasteiger partial charge in [-0.15, -0.1) is 23.5 Å². The van der Waals surface area contributed by atoms with E-state index >= 15 is 0 Å². The molecule has 16 amide bonds. The first kappa shape index (κ1) is 115. The van der Waals surface area contributed by atoms with E-state index in [4.69, 9.17) is 48.4 Å². The van der Waals surface area contributed by atoms with Crippen LogP contribution in [-0.2, 0) is 113 Å². The van der Waals surface area contributed by atoms with E-state index in [-0.39, 0.29) is 198 Å². The maximum absolute atomic E-state index is 14.0. The molecule has 4 unspecified atom stereocenters. The highest BCUT2D eigenvalue weighted by Gasteiger charge is 2.57. The Labute approximate surface area is 828 Å². The van der Waals surface area contributed by atoms with Gasteiger partial charge in [-0.25, -0.2) is 14.4 Å². The Kier molecular flexibility index (Phi) is 46.5. The van der Waals surface area contributed by atoms with E-state index in [0.29, 0.717) is 24.2 Å². The zero-order valence-electron chi connectivity index (χ0n) is 80.0. The van der Waals surface area contributed by atoms with Gasteiger partial charge in [0.1, 0.15) is 86.4 Å². The van der Waals surface area contributed by atoms with Gasteiger partial charge in [-0.05, 0) is 73.1 Å². The number of likely N-dealkylation sites (tertiary alicyclic amines) is 2. The average molecular weight is 2040 g/mol. The quantitative estimate of drug-likeness (QED) is 0.0115.